The van der Waals surface area contributed by atoms with Gasteiger partial charge in [-0.05, 0) is 60.4 Å². The molecule has 0 atom stereocenters. The number of phenols is 1. The van der Waals surface area contributed by atoms with Gasteiger partial charge in [-0.1, -0.05) is 23.7 Å². The standard InChI is InChI=1S/C18H15ClO2/c1-10-6-12(7-11(2)17(10)20)8-13-9-15-14(18(13)21)4-3-5-16(15)19/h3-8,20H,9H2,1-2H3. The van der Waals surface area contributed by atoms with E-state index in [1.165, 1.54) is 0 Å². The molecule has 0 spiro atoms. The van der Waals surface area contributed by atoms with Crippen LogP contribution in [0.4, 0.5) is 0 Å². The quantitative estimate of drug-likeness (QED) is 0.788. The predicted octanol–water partition coefficient (Wildman–Crippen LogP) is 4.48. The van der Waals surface area contributed by atoms with E-state index < -0.39 is 0 Å². The predicted molar refractivity (Wildman–Crippen MR) is 85.0 cm³/mol. The van der Waals surface area contributed by atoms with Crippen molar-refractivity contribution >= 4 is 23.5 Å². The summed E-state index contributed by atoms with van der Waals surface area (Å²) in [6.45, 7) is 3.71. The van der Waals surface area contributed by atoms with Gasteiger partial charge in [-0.25, -0.2) is 0 Å². The summed E-state index contributed by atoms with van der Waals surface area (Å²) in [4.78, 5) is 12.4. The highest BCUT2D eigenvalue weighted by atomic mass is 35.5. The highest BCUT2D eigenvalue weighted by Crippen LogP contribution is 2.33. The largest absolute Gasteiger partial charge is 0.507 e. The topological polar surface area (TPSA) is 37.3 Å². The Morgan fingerprint density at radius 1 is 1.19 bits per heavy atom. The van der Waals surface area contributed by atoms with Crippen molar-refractivity contribution in [3.8, 4) is 5.75 Å². The molecule has 0 saturated heterocycles. The van der Waals surface area contributed by atoms with Crippen molar-refractivity contribution in [3.05, 3.63) is 68.7 Å². The first-order valence-corrected chi connectivity index (χ1v) is 7.18. The van der Waals surface area contributed by atoms with Crippen molar-refractivity contribution in [2.45, 2.75) is 20.3 Å². The fraction of sp³-hybridized carbons (Fsp3) is 0.167. The molecule has 0 bridgehead atoms. The maximum absolute atomic E-state index is 12.4. The van der Waals surface area contributed by atoms with Gasteiger partial charge in [0.2, 0.25) is 0 Å². The minimum absolute atomic E-state index is 0.0379. The summed E-state index contributed by atoms with van der Waals surface area (Å²) in [5.74, 6) is 0.345. The molecule has 0 amide bonds. The van der Waals surface area contributed by atoms with Crippen molar-refractivity contribution in [3.63, 3.8) is 0 Å². The third kappa shape index (κ3) is 2.36. The van der Waals surface area contributed by atoms with Crippen molar-refractivity contribution in [2.75, 3.05) is 0 Å². The van der Waals surface area contributed by atoms with Gasteiger partial charge in [0.05, 0.1) is 0 Å². The van der Waals surface area contributed by atoms with E-state index in [4.69, 9.17) is 11.6 Å². The van der Waals surface area contributed by atoms with Crippen LogP contribution in [-0.4, -0.2) is 10.9 Å². The number of fused-ring (bicyclic) bond motifs is 1. The van der Waals surface area contributed by atoms with Crippen LogP contribution in [0.2, 0.25) is 5.02 Å². The Hall–Kier alpha value is -2.06. The number of Topliss-reactive ketones (excluding diaryl/α,β-unsaturated/α-hetero) is 1. The summed E-state index contributed by atoms with van der Waals surface area (Å²) in [7, 11) is 0. The summed E-state index contributed by atoms with van der Waals surface area (Å²) in [5.41, 5.74) is 4.88. The Morgan fingerprint density at radius 2 is 1.86 bits per heavy atom. The van der Waals surface area contributed by atoms with Gasteiger partial charge in [0.25, 0.3) is 0 Å². The van der Waals surface area contributed by atoms with Gasteiger partial charge in [0, 0.05) is 22.6 Å². The number of aromatic hydroxyl groups is 1. The first-order chi connectivity index (χ1) is 9.97. The highest BCUT2D eigenvalue weighted by molar-refractivity contribution is 6.33. The van der Waals surface area contributed by atoms with Crippen LogP contribution < -0.4 is 0 Å². The van der Waals surface area contributed by atoms with Crippen molar-refractivity contribution in [1.82, 2.24) is 0 Å². The lowest BCUT2D eigenvalue weighted by molar-refractivity contribution is 0.104. The Labute approximate surface area is 128 Å². The van der Waals surface area contributed by atoms with Gasteiger partial charge in [0.1, 0.15) is 5.75 Å². The minimum atomic E-state index is 0.0379. The molecule has 0 unspecified atom stereocenters. The van der Waals surface area contributed by atoms with Gasteiger partial charge in [-0.3, -0.25) is 4.79 Å². The number of carbonyl (C=O) groups excluding carboxylic acids is 1. The molecule has 21 heavy (non-hydrogen) atoms. The van der Waals surface area contributed by atoms with Gasteiger partial charge in [0.15, 0.2) is 5.78 Å². The third-order valence-electron chi connectivity index (χ3n) is 3.88. The lowest BCUT2D eigenvalue weighted by atomic mass is 10.0. The first kappa shape index (κ1) is 13.9. The Morgan fingerprint density at radius 3 is 2.48 bits per heavy atom. The van der Waals surface area contributed by atoms with Gasteiger partial charge in [-0.15, -0.1) is 0 Å². The zero-order chi connectivity index (χ0) is 15.1. The molecule has 1 aliphatic rings. The van der Waals surface area contributed by atoms with Crippen molar-refractivity contribution < 1.29 is 9.90 Å². The van der Waals surface area contributed by atoms with Crippen LogP contribution in [0, 0.1) is 13.8 Å². The zero-order valence-corrected chi connectivity index (χ0v) is 12.7. The van der Waals surface area contributed by atoms with Crippen LogP contribution in [-0.2, 0) is 6.42 Å². The molecule has 0 fully saturated rings. The minimum Gasteiger partial charge on any atom is -0.507 e. The van der Waals surface area contributed by atoms with Crippen LogP contribution in [0.5, 0.6) is 5.75 Å². The Balaban J connectivity index is 2.04. The molecule has 2 nitrogen and oxygen atoms in total. The van der Waals surface area contributed by atoms with E-state index in [2.05, 4.69) is 0 Å². The molecular weight excluding hydrogens is 284 g/mol. The number of ketones is 1. The van der Waals surface area contributed by atoms with Crippen LogP contribution in [0.1, 0.15) is 32.6 Å². The number of halogens is 1. The lowest BCUT2D eigenvalue weighted by Crippen LogP contribution is -1.95. The molecule has 2 aromatic rings. The lowest BCUT2D eigenvalue weighted by Gasteiger charge is -2.05. The second-order valence-electron chi connectivity index (χ2n) is 5.44. The number of hydrogen-bond acceptors (Lipinski definition) is 2. The maximum Gasteiger partial charge on any atom is 0.189 e. The summed E-state index contributed by atoms with van der Waals surface area (Å²) < 4.78 is 0. The van der Waals surface area contributed by atoms with Gasteiger partial charge < -0.3 is 5.11 Å². The average Bonchev–Trinajstić information content (AvgIpc) is 2.75. The number of rotatable bonds is 1. The van der Waals surface area contributed by atoms with Crippen molar-refractivity contribution in [1.29, 1.82) is 0 Å². The Kier molecular flexibility index (Phi) is 3.34. The van der Waals surface area contributed by atoms with E-state index in [-0.39, 0.29) is 5.78 Å². The molecule has 1 aliphatic carbocycles. The third-order valence-corrected chi connectivity index (χ3v) is 4.23. The van der Waals surface area contributed by atoms with E-state index in [9.17, 15) is 9.90 Å². The number of benzene rings is 2. The van der Waals surface area contributed by atoms with Crippen LogP contribution in [0.15, 0.2) is 35.9 Å². The van der Waals surface area contributed by atoms with E-state index >= 15 is 0 Å². The van der Waals surface area contributed by atoms with Crippen LogP contribution in [0.25, 0.3) is 6.08 Å². The number of phenolic OH excluding ortho intramolecular Hbond substituents is 1. The molecule has 2 aromatic carbocycles. The number of aryl methyl sites for hydroxylation is 2. The smallest absolute Gasteiger partial charge is 0.189 e. The fourth-order valence-electron chi connectivity index (χ4n) is 2.79. The zero-order valence-electron chi connectivity index (χ0n) is 11.9. The maximum atomic E-state index is 12.4. The number of allylic oxidation sites excluding steroid dienone is 1. The van der Waals surface area contributed by atoms with Gasteiger partial charge in [-0.2, -0.15) is 0 Å². The molecule has 0 aliphatic heterocycles. The van der Waals surface area contributed by atoms with Crippen LogP contribution in [0.3, 0.4) is 0 Å². The highest BCUT2D eigenvalue weighted by Gasteiger charge is 2.26. The van der Waals surface area contributed by atoms with E-state index in [0.717, 1.165) is 27.8 Å². The molecule has 1 N–H and O–H groups in total. The van der Waals surface area contributed by atoms with Crippen LogP contribution >= 0.6 is 11.6 Å². The molecule has 0 aromatic heterocycles. The Bertz CT molecular complexity index is 765. The molecule has 106 valence electrons. The fourth-order valence-corrected chi connectivity index (χ4v) is 3.03. The average molecular weight is 299 g/mol. The molecule has 0 heterocycles. The first-order valence-electron chi connectivity index (χ1n) is 6.80. The number of carbonyl (C=O) groups is 1. The molecule has 0 saturated carbocycles. The van der Waals surface area contributed by atoms with E-state index in [1.807, 2.05) is 44.2 Å². The monoisotopic (exact) mass is 298 g/mol. The summed E-state index contributed by atoms with van der Waals surface area (Å²) >= 11 is 6.16. The van der Waals surface area contributed by atoms with E-state index in [1.54, 1.807) is 6.07 Å². The molecule has 0 radical (unpaired) electrons. The summed E-state index contributed by atoms with van der Waals surface area (Å²) in [6.07, 6.45) is 2.45. The SMILES string of the molecule is Cc1cc(C=C2Cc3c(Cl)cccc3C2=O)cc(C)c1O. The second-order valence-corrected chi connectivity index (χ2v) is 5.85. The van der Waals surface area contributed by atoms with Crippen molar-refractivity contribution in [2.24, 2.45) is 0 Å². The molecular formula is C18H15ClO2. The summed E-state index contributed by atoms with van der Waals surface area (Å²) in [6, 6.07) is 9.19. The van der Waals surface area contributed by atoms with Gasteiger partial charge >= 0.3 is 0 Å². The number of hydrogen-bond donors (Lipinski definition) is 1. The second kappa shape index (κ2) is 5.05. The molecule has 3 rings (SSSR count). The normalized spacial score (nSPS) is 15.6. The molecule has 3 heteroatoms. The summed E-state index contributed by atoms with van der Waals surface area (Å²) in [5, 5.41) is 10.5. The van der Waals surface area contributed by atoms with E-state index in [0.29, 0.717) is 22.8 Å².